The van der Waals surface area contributed by atoms with E-state index in [1.165, 1.54) is 64.2 Å². The summed E-state index contributed by atoms with van der Waals surface area (Å²) >= 11 is 0. The molecule has 0 saturated heterocycles. The smallest absolute Gasteiger partial charge is 0.0572 e. The van der Waals surface area contributed by atoms with E-state index in [9.17, 15) is 0 Å². The Morgan fingerprint density at radius 2 is 0.833 bits per heavy atom. The Morgan fingerprint density at radius 1 is 0.500 bits per heavy atom. The second-order valence-electron chi connectivity index (χ2n) is 5.70. The molecule has 0 bridgehead atoms. The number of hydrogen-bond donors (Lipinski definition) is 0. The standard InChI is InChI=1S/C16H32O2/c1-17-15-11-9-7-5-3-4-6-8-10-12-16(18-2)14-13-15/h15-16H,3-14H2,1-2H3. The summed E-state index contributed by atoms with van der Waals surface area (Å²) in [5, 5.41) is 0. The van der Waals surface area contributed by atoms with Crippen molar-refractivity contribution in [2.45, 2.75) is 89.3 Å². The fraction of sp³-hybridized carbons (Fsp3) is 1.00. The quantitative estimate of drug-likeness (QED) is 0.712. The van der Waals surface area contributed by atoms with Crippen molar-refractivity contribution in [2.24, 2.45) is 0 Å². The van der Waals surface area contributed by atoms with Crippen molar-refractivity contribution in [3.63, 3.8) is 0 Å². The van der Waals surface area contributed by atoms with Crippen molar-refractivity contribution in [1.82, 2.24) is 0 Å². The number of methoxy groups -OCH3 is 2. The zero-order valence-electron chi connectivity index (χ0n) is 12.5. The lowest BCUT2D eigenvalue weighted by atomic mass is 9.98. The van der Waals surface area contributed by atoms with E-state index >= 15 is 0 Å². The average molecular weight is 256 g/mol. The predicted octanol–water partition coefficient (Wildman–Crippen LogP) is 4.71. The molecule has 0 radical (unpaired) electrons. The Balaban J connectivity index is 2.33. The molecule has 1 rings (SSSR count). The largest absolute Gasteiger partial charge is 0.381 e. The summed E-state index contributed by atoms with van der Waals surface area (Å²) in [5.74, 6) is 0. The summed E-state index contributed by atoms with van der Waals surface area (Å²) in [5.41, 5.74) is 0. The van der Waals surface area contributed by atoms with Gasteiger partial charge in [-0.15, -0.1) is 0 Å². The first-order valence-corrected chi connectivity index (χ1v) is 7.92. The minimum atomic E-state index is 0.450. The van der Waals surface area contributed by atoms with Crippen LogP contribution >= 0.6 is 0 Å². The van der Waals surface area contributed by atoms with Gasteiger partial charge in [-0.25, -0.2) is 0 Å². The van der Waals surface area contributed by atoms with E-state index in [-0.39, 0.29) is 0 Å². The number of ether oxygens (including phenoxy) is 2. The Morgan fingerprint density at radius 3 is 1.17 bits per heavy atom. The van der Waals surface area contributed by atoms with E-state index in [2.05, 4.69) is 0 Å². The molecular weight excluding hydrogens is 224 g/mol. The maximum Gasteiger partial charge on any atom is 0.0572 e. The molecule has 0 aromatic carbocycles. The molecule has 2 nitrogen and oxygen atoms in total. The van der Waals surface area contributed by atoms with Crippen LogP contribution in [0.5, 0.6) is 0 Å². The molecule has 0 aromatic rings. The summed E-state index contributed by atoms with van der Waals surface area (Å²) < 4.78 is 11.2. The third-order valence-corrected chi connectivity index (χ3v) is 4.28. The molecule has 2 unspecified atom stereocenters. The summed E-state index contributed by atoms with van der Waals surface area (Å²) in [6.45, 7) is 0. The Bertz CT molecular complexity index is 162. The predicted molar refractivity (Wildman–Crippen MR) is 77.0 cm³/mol. The van der Waals surface area contributed by atoms with Gasteiger partial charge in [0.25, 0.3) is 0 Å². The molecule has 1 aliphatic carbocycles. The maximum absolute atomic E-state index is 5.59. The number of rotatable bonds is 2. The van der Waals surface area contributed by atoms with Crippen molar-refractivity contribution >= 4 is 0 Å². The highest BCUT2D eigenvalue weighted by molar-refractivity contribution is 4.65. The van der Waals surface area contributed by atoms with Crippen LogP contribution in [-0.2, 0) is 9.47 Å². The van der Waals surface area contributed by atoms with Crippen LogP contribution in [0, 0.1) is 0 Å². The van der Waals surface area contributed by atoms with Gasteiger partial charge in [-0.2, -0.15) is 0 Å². The molecule has 18 heavy (non-hydrogen) atoms. The second-order valence-corrected chi connectivity index (χ2v) is 5.70. The molecule has 2 atom stereocenters. The van der Waals surface area contributed by atoms with Crippen molar-refractivity contribution in [2.75, 3.05) is 14.2 Å². The summed E-state index contributed by atoms with van der Waals surface area (Å²) in [7, 11) is 3.71. The first-order valence-electron chi connectivity index (χ1n) is 7.92. The van der Waals surface area contributed by atoms with Crippen LogP contribution in [0.1, 0.15) is 77.0 Å². The zero-order valence-corrected chi connectivity index (χ0v) is 12.5. The van der Waals surface area contributed by atoms with Crippen LogP contribution in [0.15, 0.2) is 0 Å². The first kappa shape index (κ1) is 16.0. The Kier molecular flexibility index (Phi) is 9.59. The highest BCUT2D eigenvalue weighted by atomic mass is 16.5. The minimum absolute atomic E-state index is 0.450. The maximum atomic E-state index is 5.59. The second kappa shape index (κ2) is 10.8. The van der Waals surface area contributed by atoms with E-state index < -0.39 is 0 Å². The summed E-state index contributed by atoms with van der Waals surface area (Å²) in [6, 6.07) is 0. The van der Waals surface area contributed by atoms with Crippen molar-refractivity contribution < 1.29 is 9.47 Å². The average Bonchev–Trinajstić information content (AvgIpc) is 2.41. The van der Waals surface area contributed by atoms with Gasteiger partial charge in [-0.1, -0.05) is 51.4 Å². The van der Waals surface area contributed by atoms with Gasteiger partial charge in [0, 0.05) is 14.2 Å². The molecular formula is C16H32O2. The number of hydrogen-bond acceptors (Lipinski definition) is 2. The zero-order chi connectivity index (χ0) is 13.1. The van der Waals surface area contributed by atoms with Crippen LogP contribution < -0.4 is 0 Å². The summed E-state index contributed by atoms with van der Waals surface area (Å²) in [6.07, 6.45) is 16.8. The van der Waals surface area contributed by atoms with Gasteiger partial charge in [-0.05, 0) is 25.7 Å². The van der Waals surface area contributed by atoms with Crippen LogP contribution in [0.3, 0.4) is 0 Å². The lowest BCUT2D eigenvalue weighted by Gasteiger charge is -2.20. The third-order valence-electron chi connectivity index (χ3n) is 4.28. The van der Waals surface area contributed by atoms with Gasteiger partial charge in [0.2, 0.25) is 0 Å². The molecule has 2 heteroatoms. The molecule has 0 N–H and O–H groups in total. The molecule has 0 spiro atoms. The Hall–Kier alpha value is -0.0800. The van der Waals surface area contributed by atoms with E-state index in [0.717, 1.165) is 12.8 Å². The minimum Gasteiger partial charge on any atom is -0.381 e. The molecule has 0 aliphatic heterocycles. The molecule has 1 aliphatic rings. The Labute approximate surface area is 113 Å². The van der Waals surface area contributed by atoms with Crippen molar-refractivity contribution in [1.29, 1.82) is 0 Å². The third kappa shape index (κ3) is 7.38. The molecule has 0 aromatic heterocycles. The molecule has 0 amide bonds. The molecule has 1 saturated carbocycles. The fourth-order valence-electron chi connectivity index (χ4n) is 2.94. The molecule has 108 valence electrons. The van der Waals surface area contributed by atoms with Gasteiger partial charge in [0.05, 0.1) is 12.2 Å². The summed E-state index contributed by atoms with van der Waals surface area (Å²) in [4.78, 5) is 0. The van der Waals surface area contributed by atoms with Gasteiger partial charge < -0.3 is 9.47 Å². The fourth-order valence-corrected chi connectivity index (χ4v) is 2.94. The monoisotopic (exact) mass is 256 g/mol. The normalized spacial score (nSPS) is 29.7. The van der Waals surface area contributed by atoms with Crippen LogP contribution in [0.25, 0.3) is 0 Å². The van der Waals surface area contributed by atoms with Crippen LogP contribution in [-0.4, -0.2) is 26.4 Å². The lowest BCUT2D eigenvalue weighted by Crippen LogP contribution is -2.17. The van der Waals surface area contributed by atoms with E-state index in [1.54, 1.807) is 0 Å². The van der Waals surface area contributed by atoms with Crippen molar-refractivity contribution in [3.8, 4) is 0 Å². The van der Waals surface area contributed by atoms with Gasteiger partial charge in [0.1, 0.15) is 0 Å². The van der Waals surface area contributed by atoms with Crippen LogP contribution in [0.2, 0.25) is 0 Å². The van der Waals surface area contributed by atoms with Gasteiger partial charge in [0.15, 0.2) is 0 Å². The molecule has 0 heterocycles. The topological polar surface area (TPSA) is 18.5 Å². The van der Waals surface area contributed by atoms with Crippen LogP contribution in [0.4, 0.5) is 0 Å². The van der Waals surface area contributed by atoms with Gasteiger partial charge >= 0.3 is 0 Å². The SMILES string of the molecule is COC1CCCCCCCCCCC(OC)CC1. The van der Waals surface area contributed by atoms with Crippen molar-refractivity contribution in [3.05, 3.63) is 0 Å². The van der Waals surface area contributed by atoms with E-state index in [4.69, 9.17) is 9.47 Å². The first-order chi connectivity index (χ1) is 8.86. The van der Waals surface area contributed by atoms with E-state index in [1.807, 2.05) is 14.2 Å². The van der Waals surface area contributed by atoms with E-state index in [0.29, 0.717) is 12.2 Å². The lowest BCUT2D eigenvalue weighted by molar-refractivity contribution is 0.0444. The molecule has 1 fully saturated rings. The highest BCUT2D eigenvalue weighted by Crippen LogP contribution is 2.19. The van der Waals surface area contributed by atoms with Gasteiger partial charge in [-0.3, -0.25) is 0 Å². The highest BCUT2D eigenvalue weighted by Gasteiger charge is 2.13.